The van der Waals surface area contributed by atoms with Crippen LogP contribution in [0.15, 0.2) is 36.4 Å². The molecule has 0 spiro atoms. The van der Waals surface area contributed by atoms with Crippen LogP contribution in [0, 0.1) is 24.1 Å². The Morgan fingerprint density at radius 1 is 1.23 bits per heavy atom. The predicted molar refractivity (Wildman–Crippen MR) is 97.7 cm³/mol. The van der Waals surface area contributed by atoms with Crippen LogP contribution in [0.5, 0.6) is 5.75 Å². The van der Waals surface area contributed by atoms with Gasteiger partial charge in [0.1, 0.15) is 23.3 Å². The van der Waals surface area contributed by atoms with Crippen LogP contribution in [-0.2, 0) is 9.59 Å². The highest BCUT2D eigenvalue weighted by atomic mass is 35.5. The molecule has 5 heteroatoms. The molecule has 0 amide bonds. The Balaban J connectivity index is 2.06. The summed E-state index contributed by atoms with van der Waals surface area (Å²) in [4.78, 5) is 25.1. The fourth-order valence-corrected chi connectivity index (χ4v) is 3.64. The Morgan fingerprint density at radius 3 is 2.54 bits per heavy atom. The van der Waals surface area contributed by atoms with Crippen LogP contribution in [0.3, 0.4) is 0 Å². The highest BCUT2D eigenvalue weighted by Gasteiger charge is 2.43. The van der Waals surface area contributed by atoms with Crippen molar-refractivity contribution in [1.29, 1.82) is 0 Å². The van der Waals surface area contributed by atoms with Crippen molar-refractivity contribution >= 4 is 23.2 Å². The minimum atomic E-state index is -0.960. The van der Waals surface area contributed by atoms with Crippen LogP contribution in [0.4, 0.5) is 4.39 Å². The van der Waals surface area contributed by atoms with Gasteiger partial charge in [0.15, 0.2) is 5.78 Å². The van der Waals surface area contributed by atoms with Gasteiger partial charge in [0.05, 0.1) is 7.11 Å². The van der Waals surface area contributed by atoms with Crippen LogP contribution in [0.1, 0.15) is 24.3 Å². The molecule has 3 nitrogen and oxygen atoms in total. The molecule has 0 aliphatic heterocycles. The number of ether oxygens (including phenoxy) is 1. The zero-order valence-electron chi connectivity index (χ0n) is 14.1. The van der Waals surface area contributed by atoms with Crippen molar-refractivity contribution in [2.24, 2.45) is 5.92 Å². The summed E-state index contributed by atoms with van der Waals surface area (Å²) in [6.07, 6.45) is 5.64. The van der Waals surface area contributed by atoms with Gasteiger partial charge in [-0.15, -0.1) is 12.3 Å². The first-order valence-electron chi connectivity index (χ1n) is 8.09. The van der Waals surface area contributed by atoms with Crippen molar-refractivity contribution < 1.29 is 18.7 Å². The van der Waals surface area contributed by atoms with E-state index < -0.39 is 11.8 Å². The maximum absolute atomic E-state index is 13.1. The maximum atomic E-state index is 13.1. The summed E-state index contributed by atoms with van der Waals surface area (Å²) in [6.45, 7) is 0. The number of carbonyl (C=O) groups excluding carboxylic acids is 2. The second-order valence-corrected chi connectivity index (χ2v) is 6.60. The fraction of sp³-hybridized carbons (Fsp3) is 0.238. The van der Waals surface area contributed by atoms with Crippen molar-refractivity contribution in [3.8, 4) is 29.2 Å². The lowest BCUT2D eigenvalue weighted by Crippen LogP contribution is -2.16. The molecule has 1 saturated carbocycles. The summed E-state index contributed by atoms with van der Waals surface area (Å²) >= 11 is 6.43. The number of hydrogen-bond acceptors (Lipinski definition) is 3. The molecule has 26 heavy (non-hydrogen) atoms. The van der Waals surface area contributed by atoms with E-state index in [9.17, 15) is 14.0 Å². The zero-order valence-corrected chi connectivity index (χ0v) is 14.8. The Morgan fingerprint density at radius 2 is 1.92 bits per heavy atom. The number of hydrogen-bond donors (Lipinski definition) is 0. The quantitative estimate of drug-likeness (QED) is 0.591. The van der Waals surface area contributed by atoms with Gasteiger partial charge in [-0.2, -0.15) is 0 Å². The van der Waals surface area contributed by atoms with Crippen molar-refractivity contribution in [3.05, 3.63) is 52.8 Å². The maximum Gasteiger partial charge on any atom is 0.152 e. The van der Waals surface area contributed by atoms with E-state index in [4.69, 9.17) is 22.8 Å². The lowest BCUT2D eigenvalue weighted by atomic mass is 9.91. The highest BCUT2D eigenvalue weighted by molar-refractivity contribution is 6.33. The molecule has 2 unspecified atom stereocenters. The topological polar surface area (TPSA) is 43.4 Å². The first-order valence-corrected chi connectivity index (χ1v) is 8.47. The normalized spacial score (nSPS) is 19.5. The van der Waals surface area contributed by atoms with Gasteiger partial charge >= 0.3 is 0 Å². The molecule has 0 aromatic heterocycles. The molecule has 2 atom stereocenters. The third-order valence-electron chi connectivity index (χ3n) is 4.60. The molecule has 0 N–H and O–H groups in total. The number of Topliss-reactive ketones (excluding diaryl/α,β-unsaturated/α-hetero) is 2. The zero-order chi connectivity index (χ0) is 18.8. The average Bonchev–Trinajstić information content (AvgIpc) is 2.89. The lowest BCUT2D eigenvalue weighted by molar-refractivity contribution is -0.124. The summed E-state index contributed by atoms with van der Waals surface area (Å²) in [5.74, 6) is 0.592. The molecule has 0 bridgehead atoms. The molecule has 0 radical (unpaired) electrons. The summed E-state index contributed by atoms with van der Waals surface area (Å²) in [7, 11) is 1.45. The van der Waals surface area contributed by atoms with E-state index >= 15 is 0 Å². The van der Waals surface area contributed by atoms with Gasteiger partial charge in [0, 0.05) is 29.3 Å². The highest BCUT2D eigenvalue weighted by Crippen LogP contribution is 2.43. The Labute approximate surface area is 156 Å². The molecule has 132 valence electrons. The van der Waals surface area contributed by atoms with Crippen LogP contribution >= 0.6 is 11.6 Å². The first-order chi connectivity index (χ1) is 12.5. The Kier molecular flexibility index (Phi) is 5.11. The molecule has 3 rings (SSSR count). The molecule has 2 aromatic rings. The predicted octanol–water partition coefficient (Wildman–Crippen LogP) is 4.42. The third-order valence-corrected chi connectivity index (χ3v) is 4.91. The third kappa shape index (κ3) is 3.23. The van der Waals surface area contributed by atoms with E-state index in [1.54, 1.807) is 24.3 Å². The van der Waals surface area contributed by atoms with Crippen LogP contribution in [0.25, 0.3) is 11.1 Å². The fourth-order valence-electron chi connectivity index (χ4n) is 3.32. The number of carbonyl (C=O) groups is 2. The van der Waals surface area contributed by atoms with E-state index in [0.717, 1.165) is 5.56 Å². The molecule has 2 aromatic carbocycles. The Hall–Kier alpha value is -2.64. The average molecular weight is 371 g/mol. The van der Waals surface area contributed by atoms with Crippen molar-refractivity contribution in [1.82, 2.24) is 0 Å². The van der Waals surface area contributed by atoms with E-state index in [2.05, 4.69) is 5.92 Å². The number of terminal acetylenes is 1. The standard InChI is InChI=1S/C21H16ClFO3/c1-3-4-13-10-17(24)20(21(13)25)19-16(22)9-14(11-18(19)26-2)12-5-7-15(23)8-6-12/h1,5-9,11,13,20H,4,10H2,2H3. The van der Waals surface area contributed by atoms with E-state index in [0.29, 0.717) is 16.9 Å². The van der Waals surface area contributed by atoms with E-state index in [1.807, 2.05) is 0 Å². The van der Waals surface area contributed by atoms with Gasteiger partial charge < -0.3 is 4.74 Å². The first kappa shape index (κ1) is 18.2. The minimum Gasteiger partial charge on any atom is -0.496 e. The van der Waals surface area contributed by atoms with Gasteiger partial charge in [-0.05, 0) is 35.4 Å². The summed E-state index contributed by atoms with van der Waals surface area (Å²) < 4.78 is 18.6. The van der Waals surface area contributed by atoms with Gasteiger partial charge in [0.25, 0.3) is 0 Å². The molecule has 0 heterocycles. The molecule has 1 aliphatic carbocycles. The number of benzene rings is 2. The molecular weight excluding hydrogens is 355 g/mol. The number of halogens is 2. The van der Waals surface area contributed by atoms with Crippen LogP contribution in [0.2, 0.25) is 5.02 Å². The van der Waals surface area contributed by atoms with Gasteiger partial charge in [-0.25, -0.2) is 4.39 Å². The van der Waals surface area contributed by atoms with Crippen molar-refractivity contribution in [2.75, 3.05) is 7.11 Å². The van der Waals surface area contributed by atoms with E-state index in [-0.39, 0.29) is 35.2 Å². The van der Waals surface area contributed by atoms with Gasteiger partial charge in [0.2, 0.25) is 0 Å². The second kappa shape index (κ2) is 7.31. The lowest BCUT2D eigenvalue weighted by Gasteiger charge is -2.17. The van der Waals surface area contributed by atoms with Crippen LogP contribution < -0.4 is 4.74 Å². The minimum absolute atomic E-state index is 0.118. The SMILES string of the molecule is C#CCC1CC(=O)C(c2c(Cl)cc(-c3ccc(F)cc3)cc2OC)C1=O. The largest absolute Gasteiger partial charge is 0.496 e. The van der Waals surface area contributed by atoms with Crippen LogP contribution in [-0.4, -0.2) is 18.7 Å². The van der Waals surface area contributed by atoms with Crippen molar-refractivity contribution in [3.63, 3.8) is 0 Å². The molecule has 0 saturated heterocycles. The van der Waals surface area contributed by atoms with Gasteiger partial charge in [-0.1, -0.05) is 23.7 Å². The monoisotopic (exact) mass is 370 g/mol. The van der Waals surface area contributed by atoms with Crippen molar-refractivity contribution in [2.45, 2.75) is 18.8 Å². The summed E-state index contributed by atoms with van der Waals surface area (Å²) in [5.41, 5.74) is 1.82. The smallest absolute Gasteiger partial charge is 0.152 e. The van der Waals surface area contributed by atoms with Gasteiger partial charge in [-0.3, -0.25) is 9.59 Å². The second-order valence-electron chi connectivity index (χ2n) is 6.19. The summed E-state index contributed by atoms with van der Waals surface area (Å²) in [6, 6.07) is 9.28. The molecule has 1 fully saturated rings. The number of ketones is 2. The Bertz CT molecular complexity index is 912. The number of methoxy groups -OCH3 is 1. The molecular formula is C21H16ClFO3. The van der Waals surface area contributed by atoms with E-state index in [1.165, 1.54) is 19.2 Å². The molecule has 1 aliphatic rings. The number of rotatable bonds is 4. The summed E-state index contributed by atoms with van der Waals surface area (Å²) in [5, 5.41) is 0.261.